The van der Waals surface area contributed by atoms with Gasteiger partial charge in [0.1, 0.15) is 0 Å². The zero-order valence-electron chi connectivity index (χ0n) is 11.9. The molecule has 1 aromatic heterocycles. The maximum atomic E-state index is 12.1. The Morgan fingerprint density at radius 2 is 2.11 bits per heavy atom. The molecule has 4 nitrogen and oxygen atoms in total. The van der Waals surface area contributed by atoms with Gasteiger partial charge in [0, 0.05) is 11.7 Å². The number of nitrogens with zero attached hydrogens (tertiary/aromatic N) is 2. The number of aryl methyl sites for hydroxylation is 1. The van der Waals surface area contributed by atoms with Gasteiger partial charge in [-0.1, -0.05) is 19.8 Å². The summed E-state index contributed by atoms with van der Waals surface area (Å²) >= 11 is 3.51. The Balaban J connectivity index is 1.94. The molecule has 1 fully saturated rings. The predicted octanol–water partition coefficient (Wildman–Crippen LogP) is 2.96. The van der Waals surface area contributed by atoms with Crippen molar-refractivity contribution in [3.05, 3.63) is 15.9 Å². The topological polar surface area (TPSA) is 46.9 Å². The first kappa shape index (κ1) is 14.6. The van der Waals surface area contributed by atoms with Crippen molar-refractivity contribution in [1.29, 1.82) is 0 Å². The highest BCUT2D eigenvalue weighted by molar-refractivity contribution is 9.10. The van der Waals surface area contributed by atoms with Gasteiger partial charge in [-0.3, -0.25) is 9.48 Å². The van der Waals surface area contributed by atoms with Gasteiger partial charge in [-0.2, -0.15) is 5.10 Å². The number of nitrogens with one attached hydrogen (secondary N) is 1. The van der Waals surface area contributed by atoms with E-state index in [1.807, 2.05) is 25.5 Å². The maximum absolute atomic E-state index is 12.1. The average Bonchev–Trinajstić information content (AvgIpc) is 2.95. The number of amides is 1. The van der Waals surface area contributed by atoms with Gasteiger partial charge in [-0.15, -0.1) is 0 Å². The van der Waals surface area contributed by atoms with Crippen molar-refractivity contribution >= 4 is 21.8 Å². The minimum Gasteiger partial charge on any atom is -0.353 e. The van der Waals surface area contributed by atoms with Crippen LogP contribution in [0, 0.1) is 19.8 Å². The van der Waals surface area contributed by atoms with Crippen LogP contribution in [0.2, 0.25) is 0 Å². The van der Waals surface area contributed by atoms with Crippen molar-refractivity contribution < 1.29 is 4.79 Å². The molecule has 2 rings (SSSR count). The van der Waals surface area contributed by atoms with Gasteiger partial charge in [-0.25, -0.2) is 0 Å². The molecule has 1 atom stereocenters. The quantitative estimate of drug-likeness (QED) is 0.924. The lowest BCUT2D eigenvalue weighted by molar-refractivity contribution is -0.125. The summed E-state index contributed by atoms with van der Waals surface area (Å²) in [4.78, 5) is 12.1. The van der Waals surface area contributed by atoms with E-state index in [-0.39, 0.29) is 11.8 Å². The van der Waals surface area contributed by atoms with Crippen LogP contribution in [0.4, 0.5) is 0 Å². The second-order valence-corrected chi connectivity index (χ2v) is 6.35. The van der Waals surface area contributed by atoms with E-state index in [9.17, 15) is 4.79 Å². The van der Waals surface area contributed by atoms with E-state index in [1.165, 1.54) is 12.8 Å². The second-order valence-electron chi connectivity index (χ2n) is 5.56. The van der Waals surface area contributed by atoms with E-state index in [4.69, 9.17) is 0 Å². The fraction of sp³-hybridized carbons (Fsp3) is 0.714. The van der Waals surface area contributed by atoms with Crippen molar-refractivity contribution in [2.45, 2.75) is 59.0 Å². The van der Waals surface area contributed by atoms with Crippen molar-refractivity contribution in [1.82, 2.24) is 15.1 Å². The summed E-state index contributed by atoms with van der Waals surface area (Å²) in [7, 11) is 0. The smallest absolute Gasteiger partial charge is 0.224 e. The second kappa shape index (κ2) is 6.07. The molecule has 0 saturated heterocycles. The molecule has 19 heavy (non-hydrogen) atoms. The van der Waals surface area contributed by atoms with E-state index in [0.29, 0.717) is 12.6 Å². The molecule has 0 aromatic carbocycles. The number of hydrogen-bond donors (Lipinski definition) is 1. The lowest BCUT2D eigenvalue weighted by Crippen LogP contribution is -2.38. The Morgan fingerprint density at radius 3 is 2.63 bits per heavy atom. The van der Waals surface area contributed by atoms with Crippen LogP contribution in [0.25, 0.3) is 0 Å². The minimum atomic E-state index is -0.0505. The van der Waals surface area contributed by atoms with Crippen LogP contribution < -0.4 is 5.32 Å². The predicted molar refractivity (Wildman–Crippen MR) is 79.0 cm³/mol. The third-order valence-electron chi connectivity index (χ3n) is 3.89. The van der Waals surface area contributed by atoms with Crippen LogP contribution in [-0.4, -0.2) is 21.7 Å². The van der Waals surface area contributed by atoms with Gasteiger partial charge in [0.15, 0.2) is 0 Å². The minimum absolute atomic E-state index is 0.0505. The molecule has 1 aliphatic rings. The first-order chi connectivity index (χ1) is 8.99. The average molecular weight is 328 g/mol. The van der Waals surface area contributed by atoms with Crippen molar-refractivity contribution in [3.8, 4) is 0 Å². The molecule has 0 spiro atoms. The van der Waals surface area contributed by atoms with Crippen molar-refractivity contribution in [3.63, 3.8) is 0 Å². The summed E-state index contributed by atoms with van der Waals surface area (Å²) in [6.07, 6.45) is 4.74. The van der Waals surface area contributed by atoms with Crippen LogP contribution in [0.1, 0.15) is 44.0 Å². The molecule has 0 aliphatic heterocycles. The van der Waals surface area contributed by atoms with Crippen molar-refractivity contribution in [2.24, 2.45) is 5.92 Å². The third kappa shape index (κ3) is 3.38. The summed E-state index contributed by atoms with van der Waals surface area (Å²) in [6.45, 7) is 6.59. The molecule has 1 unspecified atom stereocenters. The number of carbonyl (C=O) groups excluding carboxylic acids is 1. The van der Waals surface area contributed by atoms with E-state index in [0.717, 1.165) is 28.7 Å². The third-order valence-corrected chi connectivity index (χ3v) is 5.04. The Bertz CT molecular complexity index is 464. The lowest BCUT2D eigenvalue weighted by atomic mass is 10.1. The summed E-state index contributed by atoms with van der Waals surface area (Å²) in [5.41, 5.74) is 2.05. The summed E-state index contributed by atoms with van der Waals surface area (Å²) in [5, 5.41) is 7.60. The van der Waals surface area contributed by atoms with Gasteiger partial charge < -0.3 is 5.32 Å². The number of rotatable bonds is 4. The zero-order chi connectivity index (χ0) is 14.0. The molecule has 1 heterocycles. The van der Waals surface area contributed by atoms with E-state index in [1.54, 1.807) is 0 Å². The van der Waals surface area contributed by atoms with E-state index >= 15 is 0 Å². The monoisotopic (exact) mass is 327 g/mol. The highest BCUT2D eigenvalue weighted by Crippen LogP contribution is 2.21. The number of hydrogen-bond acceptors (Lipinski definition) is 2. The maximum Gasteiger partial charge on any atom is 0.224 e. The highest BCUT2D eigenvalue weighted by atomic mass is 79.9. The zero-order valence-corrected chi connectivity index (χ0v) is 13.5. The van der Waals surface area contributed by atoms with Crippen LogP contribution in [0.15, 0.2) is 4.47 Å². The van der Waals surface area contributed by atoms with Gasteiger partial charge >= 0.3 is 0 Å². The standard InChI is InChI=1S/C14H22BrN3O/c1-9(14(19)16-12-6-4-5-7-12)8-18-11(3)13(15)10(2)17-18/h9,12H,4-8H2,1-3H3,(H,16,19). The molecule has 1 aliphatic carbocycles. The molecule has 5 heteroatoms. The number of carbonyl (C=O) groups is 1. The molecule has 1 saturated carbocycles. The molecule has 1 amide bonds. The molecule has 1 N–H and O–H groups in total. The van der Waals surface area contributed by atoms with E-state index < -0.39 is 0 Å². The highest BCUT2D eigenvalue weighted by Gasteiger charge is 2.22. The molecular formula is C14H22BrN3O. The Hall–Kier alpha value is -0.840. The Kier molecular flexibility index (Phi) is 4.66. The van der Waals surface area contributed by atoms with Crippen LogP contribution >= 0.6 is 15.9 Å². The number of halogens is 1. The largest absolute Gasteiger partial charge is 0.353 e. The van der Waals surface area contributed by atoms with Crippen LogP contribution in [-0.2, 0) is 11.3 Å². The van der Waals surface area contributed by atoms with Gasteiger partial charge in [-0.05, 0) is 42.6 Å². The van der Waals surface area contributed by atoms with Gasteiger partial charge in [0.05, 0.1) is 22.6 Å². The van der Waals surface area contributed by atoms with Gasteiger partial charge in [0.25, 0.3) is 0 Å². The first-order valence-electron chi connectivity index (χ1n) is 6.99. The molecule has 0 radical (unpaired) electrons. The van der Waals surface area contributed by atoms with Crippen LogP contribution in [0.3, 0.4) is 0 Å². The van der Waals surface area contributed by atoms with Crippen molar-refractivity contribution in [2.75, 3.05) is 0 Å². The fourth-order valence-corrected chi connectivity index (χ4v) is 2.89. The molecular weight excluding hydrogens is 306 g/mol. The summed E-state index contributed by atoms with van der Waals surface area (Å²) < 4.78 is 2.95. The summed E-state index contributed by atoms with van der Waals surface area (Å²) in [5.74, 6) is 0.0982. The van der Waals surface area contributed by atoms with E-state index in [2.05, 4.69) is 26.3 Å². The Morgan fingerprint density at radius 1 is 1.47 bits per heavy atom. The first-order valence-corrected chi connectivity index (χ1v) is 7.78. The van der Waals surface area contributed by atoms with Gasteiger partial charge in [0.2, 0.25) is 5.91 Å². The normalized spacial score (nSPS) is 17.7. The van der Waals surface area contributed by atoms with Crippen LogP contribution in [0.5, 0.6) is 0 Å². The number of aromatic nitrogens is 2. The SMILES string of the molecule is Cc1nn(CC(C)C(=O)NC2CCCC2)c(C)c1Br. The molecule has 1 aromatic rings. The fourth-order valence-electron chi connectivity index (χ4n) is 2.61. The Labute approximate surface area is 123 Å². The summed E-state index contributed by atoms with van der Waals surface area (Å²) in [6, 6.07) is 0.391. The molecule has 0 bridgehead atoms. The molecule has 106 valence electrons. The lowest BCUT2D eigenvalue weighted by Gasteiger charge is -2.17.